The summed E-state index contributed by atoms with van der Waals surface area (Å²) in [4.78, 5) is 36.2. The molecule has 176 valence electrons. The Morgan fingerprint density at radius 3 is 2.34 bits per heavy atom. The molecule has 0 aliphatic heterocycles. The Morgan fingerprint density at radius 1 is 1.12 bits per heavy atom. The number of amides is 1. The maximum Gasteiger partial charge on any atom is 0.408 e. The lowest BCUT2D eigenvalue weighted by atomic mass is 9.93. The molecule has 9 nitrogen and oxygen atoms in total. The fourth-order valence-electron chi connectivity index (χ4n) is 3.22. The third-order valence-corrected chi connectivity index (χ3v) is 4.71. The minimum Gasteiger partial charge on any atom is -0.483 e. The number of alkyl carbamates (subject to hydrolysis) is 1. The predicted molar refractivity (Wildman–Crippen MR) is 115 cm³/mol. The molecule has 0 bridgehead atoms. The van der Waals surface area contributed by atoms with Gasteiger partial charge in [-0.2, -0.15) is 0 Å². The molecule has 0 radical (unpaired) electrons. The minimum absolute atomic E-state index is 0.172. The monoisotopic (exact) mass is 449 g/mol. The highest BCUT2D eigenvalue weighted by Crippen LogP contribution is 2.26. The largest absolute Gasteiger partial charge is 0.483 e. The van der Waals surface area contributed by atoms with E-state index in [-0.39, 0.29) is 12.0 Å². The number of aliphatic hydroxyl groups excluding tert-OH is 1. The smallest absolute Gasteiger partial charge is 0.408 e. The first-order chi connectivity index (χ1) is 15.0. The van der Waals surface area contributed by atoms with Crippen molar-refractivity contribution in [1.29, 1.82) is 0 Å². The number of ether oxygens (including phenoxy) is 4. The van der Waals surface area contributed by atoms with Gasteiger partial charge in [-0.1, -0.05) is 18.2 Å². The molecule has 1 aliphatic carbocycles. The summed E-state index contributed by atoms with van der Waals surface area (Å²) >= 11 is 0. The van der Waals surface area contributed by atoms with Gasteiger partial charge in [0, 0.05) is 6.42 Å². The number of nitrogens with one attached hydrogen (secondary N) is 1. The Bertz CT molecular complexity index is 841. The zero-order valence-electron chi connectivity index (χ0n) is 19.0. The fraction of sp³-hybridized carbons (Fsp3) is 0.522. The van der Waals surface area contributed by atoms with Crippen molar-refractivity contribution in [3.8, 4) is 5.75 Å². The second-order valence-electron chi connectivity index (χ2n) is 8.40. The van der Waals surface area contributed by atoms with Gasteiger partial charge in [0.1, 0.15) is 17.4 Å². The van der Waals surface area contributed by atoms with Crippen molar-refractivity contribution in [2.75, 3.05) is 14.2 Å². The molecule has 32 heavy (non-hydrogen) atoms. The molecule has 2 rings (SSSR count). The summed E-state index contributed by atoms with van der Waals surface area (Å²) in [6.45, 7) is 5.17. The lowest BCUT2D eigenvalue weighted by Crippen LogP contribution is -2.45. The van der Waals surface area contributed by atoms with Crippen molar-refractivity contribution < 1.29 is 38.4 Å². The van der Waals surface area contributed by atoms with Crippen LogP contribution in [-0.4, -0.2) is 61.2 Å². The number of aliphatic hydroxyl groups is 1. The quantitative estimate of drug-likeness (QED) is 0.481. The number of hydrogen-bond donors (Lipinski definition) is 2. The van der Waals surface area contributed by atoms with E-state index in [1.54, 1.807) is 51.1 Å². The van der Waals surface area contributed by atoms with Crippen LogP contribution in [-0.2, 0) is 30.2 Å². The highest BCUT2D eigenvalue weighted by molar-refractivity contribution is 5.90. The Kier molecular flexibility index (Phi) is 8.65. The van der Waals surface area contributed by atoms with Gasteiger partial charge in [0.15, 0.2) is 6.10 Å². The van der Waals surface area contributed by atoms with Crippen LogP contribution in [0.5, 0.6) is 5.75 Å². The van der Waals surface area contributed by atoms with E-state index >= 15 is 0 Å². The number of allylic oxidation sites excluding steroid dienone is 1. The molecule has 2 N–H and O–H groups in total. The van der Waals surface area contributed by atoms with Crippen molar-refractivity contribution in [3.63, 3.8) is 0 Å². The molecule has 0 saturated heterocycles. The van der Waals surface area contributed by atoms with Crippen molar-refractivity contribution in [3.05, 3.63) is 41.5 Å². The molecule has 3 atom stereocenters. The predicted octanol–water partition coefficient (Wildman–Crippen LogP) is 2.30. The molecule has 1 aliphatic rings. The summed E-state index contributed by atoms with van der Waals surface area (Å²) in [6, 6.07) is 5.83. The molecular formula is C23H31NO8. The number of rotatable bonds is 7. The number of esters is 2. The average molecular weight is 450 g/mol. The van der Waals surface area contributed by atoms with Crippen LogP contribution in [0.4, 0.5) is 4.79 Å². The van der Waals surface area contributed by atoms with Crippen LogP contribution in [0.15, 0.2) is 35.9 Å². The minimum atomic E-state index is -0.935. The molecule has 0 aromatic heterocycles. The van der Waals surface area contributed by atoms with E-state index in [0.29, 0.717) is 18.6 Å². The lowest BCUT2D eigenvalue weighted by Gasteiger charge is -2.28. The van der Waals surface area contributed by atoms with Crippen LogP contribution in [0.1, 0.15) is 39.2 Å². The summed E-state index contributed by atoms with van der Waals surface area (Å²) < 4.78 is 20.6. The highest BCUT2D eigenvalue weighted by atomic mass is 16.6. The number of carbonyl (C=O) groups excluding carboxylic acids is 3. The molecular weight excluding hydrogens is 418 g/mol. The Morgan fingerprint density at radius 2 is 1.78 bits per heavy atom. The van der Waals surface area contributed by atoms with Crippen LogP contribution < -0.4 is 10.1 Å². The van der Waals surface area contributed by atoms with Crippen molar-refractivity contribution in [2.24, 2.45) is 0 Å². The van der Waals surface area contributed by atoms with Crippen LogP contribution in [0.25, 0.3) is 0 Å². The Balaban J connectivity index is 2.08. The first kappa shape index (κ1) is 25.2. The third kappa shape index (κ3) is 7.26. The molecule has 1 aromatic rings. The topological polar surface area (TPSA) is 120 Å². The van der Waals surface area contributed by atoms with Gasteiger partial charge < -0.3 is 29.4 Å². The normalized spacial score (nSPS) is 19.2. The van der Waals surface area contributed by atoms with Gasteiger partial charge in [-0.25, -0.2) is 14.4 Å². The van der Waals surface area contributed by atoms with Crippen LogP contribution >= 0.6 is 0 Å². The van der Waals surface area contributed by atoms with E-state index in [9.17, 15) is 19.5 Å². The van der Waals surface area contributed by atoms with Gasteiger partial charge in [0.25, 0.3) is 0 Å². The number of hydrogen-bond acceptors (Lipinski definition) is 8. The second kappa shape index (κ2) is 11.0. The zero-order chi connectivity index (χ0) is 23.9. The van der Waals surface area contributed by atoms with Gasteiger partial charge >= 0.3 is 18.0 Å². The van der Waals surface area contributed by atoms with Gasteiger partial charge in [-0.05, 0) is 51.3 Å². The highest BCUT2D eigenvalue weighted by Gasteiger charge is 2.33. The summed E-state index contributed by atoms with van der Waals surface area (Å²) in [5, 5.41) is 12.8. The molecule has 9 heteroatoms. The Labute approximate surface area is 187 Å². The maximum atomic E-state index is 12.1. The van der Waals surface area contributed by atoms with Gasteiger partial charge in [0.2, 0.25) is 0 Å². The summed E-state index contributed by atoms with van der Waals surface area (Å²) in [5.41, 5.74) is 0.310. The Hall–Kier alpha value is -3.07. The second-order valence-corrected chi connectivity index (χ2v) is 8.40. The number of benzene rings is 1. The molecule has 1 amide bonds. The summed E-state index contributed by atoms with van der Waals surface area (Å²) in [5.74, 6) is -0.710. The van der Waals surface area contributed by atoms with Crippen molar-refractivity contribution in [1.82, 2.24) is 5.32 Å². The average Bonchev–Trinajstić information content (AvgIpc) is 2.73. The van der Waals surface area contributed by atoms with Crippen LogP contribution in [0.3, 0.4) is 0 Å². The van der Waals surface area contributed by atoms with Crippen molar-refractivity contribution in [2.45, 2.75) is 63.9 Å². The molecule has 0 unspecified atom stereocenters. The molecule has 0 heterocycles. The van der Waals surface area contributed by atoms with Gasteiger partial charge in [-0.15, -0.1) is 0 Å². The maximum absolute atomic E-state index is 12.1. The molecule has 0 saturated carbocycles. The first-order valence-electron chi connectivity index (χ1n) is 10.3. The van der Waals surface area contributed by atoms with Crippen LogP contribution in [0.2, 0.25) is 0 Å². The standard InChI is InChI=1S/C23H31NO8/c1-23(2,3)32-22(28)24-17(21(27)30-5)13-14-9-11-15(12-10-14)31-19-16(20(26)29-4)7-6-8-18(19)25/h7,9-12,17-19,25H,6,8,13H2,1-5H3,(H,24,28)/t17-,18+,19-/m0/s1. The zero-order valence-corrected chi connectivity index (χ0v) is 19.0. The SMILES string of the molecule is COC(=O)C1=CCC[C@@H](O)[C@H]1Oc1ccc(C[C@H](NC(=O)OC(C)(C)C)C(=O)OC)cc1. The van der Waals surface area contributed by atoms with E-state index in [1.165, 1.54) is 14.2 Å². The van der Waals surface area contributed by atoms with E-state index < -0.39 is 41.9 Å². The fourth-order valence-corrected chi connectivity index (χ4v) is 3.22. The van der Waals surface area contributed by atoms with E-state index in [1.807, 2.05) is 0 Å². The number of methoxy groups -OCH3 is 2. The summed E-state index contributed by atoms with van der Waals surface area (Å²) in [7, 11) is 2.52. The first-order valence-corrected chi connectivity index (χ1v) is 10.3. The van der Waals surface area contributed by atoms with E-state index in [4.69, 9.17) is 18.9 Å². The van der Waals surface area contributed by atoms with Gasteiger partial charge in [-0.3, -0.25) is 0 Å². The van der Waals surface area contributed by atoms with Gasteiger partial charge in [0.05, 0.1) is 25.9 Å². The van der Waals surface area contributed by atoms with Crippen LogP contribution in [0, 0.1) is 0 Å². The van der Waals surface area contributed by atoms with E-state index in [2.05, 4.69) is 5.32 Å². The molecule has 0 fully saturated rings. The van der Waals surface area contributed by atoms with Crippen molar-refractivity contribution >= 4 is 18.0 Å². The number of carbonyl (C=O) groups is 3. The van der Waals surface area contributed by atoms with E-state index in [0.717, 1.165) is 5.56 Å². The molecule has 0 spiro atoms. The molecule has 1 aromatic carbocycles. The lowest BCUT2D eigenvalue weighted by molar-refractivity contribution is -0.143. The third-order valence-electron chi connectivity index (χ3n) is 4.71. The summed E-state index contributed by atoms with van der Waals surface area (Å²) in [6.07, 6.45) is 0.520.